The number of halogens is 1. The van der Waals surface area contributed by atoms with Crippen molar-refractivity contribution in [3.05, 3.63) is 88.4 Å². The molecule has 0 saturated heterocycles. The molecule has 0 radical (unpaired) electrons. The van der Waals surface area contributed by atoms with Gasteiger partial charge in [-0.25, -0.2) is 5.43 Å². The van der Waals surface area contributed by atoms with E-state index >= 15 is 0 Å². The number of ether oxygens (including phenoxy) is 3. The number of rotatable bonds is 9. The van der Waals surface area contributed by atoms with Gasteiger partial charge in [0.2, 0.25) is 5.91 Å². The summed E-state index contributed by atoms with van der Waals surface area (Å²) in [6.07, 6.45) is 1.78. The van der Waals surface area contributed by atoms with Gasteiger partial charge in [0.25, 0.3) is 0 Å². The van der Waals surface area contributed by atoms with E-state index in [4.69, 9.17) is 25.8 Å². The van der Waals surface area contributed by atoms with E-state index in [-0.39, 0.29) is 12.3 Å². The molecule has 0 atom stereocenters. The highest BCUT2D eigenvalue weighted by molar-refractivity contribution is 6.30. The zero-order valence-electron chi connectivity index (χ0n) is 17.3. The van der Waals surface area contributed by atoms with Gasteiger partial charge in [0.15, 0.2) is 11.5 Å². The van der Waals surface area contributed by atoms with Crippen LogP contribution in [0.2, 0.25) is 5.02 Å². The molecule has 0 aliphatic heterocycles. The number of hydrogen-bond donors (Lipinski definition) is 1. The molecule has 0 aliphatic carbocycles. The van der Waals surface area contributed by atoms with Crippen LogP contribution in [-0.2, 0) is 17.8 Å². The minimum absolute atomic E-state index is 0.212. The molecule has 0 heterocycles. The van der Waals surface area contributed by atoms with Gasteiger partial charge < -0.3 is 14.2 Å². The van der Waals surface area contributed by atoms with E-state index in [1.165, 1.54) is 0 Å². The van der Waals surface area contributed by atoms with Crippen molar-refractivity contribution in [1.29, 1.82) is 0 Å². The van der Waals surface area contributed by atoms with Crippen LogP contribution in [0.15, 0.2) is 71.8 Å². The van der Waals surface area contributed by atoms with Crippen molar-refractivity contribution in [2.45, 2.75) is 13.0 Å². The lowest BCUT2D eigenvalue weighted by Gasteiger charge is -2.11. The largest absolute Gasteiger partial charge is 0.497 e. The average molecular weight is 439 g/mol. The highest BCUT2D eigenvalue weighted by atomic mass is 35.5. The molecular formula is C24H23ClN2O4. The van der Waals surface area contributed by atoms with Crippen LogP contribution in [0.1, 0.15) is 16.7 Å². The molecule has 0 bridgehead atoms. The summed E-state index contributed by atoms with van der Waals surface area (Å²) >= 11 is 5.90. The van der Waals surface area contributed by atoms with Gasteiger partial charge in [-0.05, 0) is 59.2 Å². The van der Waals surface area contributed by atoms with Crippen LogP contribution in [0, 0.1) is 0 Å². The third-order valence-corrected chi connectivity index (χ3v) is 4.67. The third kappa shape index (κ3) is 6.76. The van der Waals surface area contributed by atoms with Gasteiger partial charge in [-0.3, -0.25) is 4.79 Å². The van der Waals surface area contributed by atoms with E-state index in [0.717, 1.165) is 22.4 Å². The summed E-state index contributed by atoms with van der Waals surface area (Å²) in [5.74, 6) is 1.72. The number of methoxy groups -OCH3 is 2. The number of hydrazone groups is 1. The molecular weight excluding hydrogens is 416 g/mol. The normalized spacial score (nSPS) is 10.7. The Kier molecular flexibility index (Phi) is 7.90. The Balaban J connectivity index is 1.55. The fourth-order valence-electron chi connectivity index (χ4n) is 2.77. The number of carbonyl (C=O) groups excluding carboxylic acids is 1. The molecule has 0 fully saturated rings. The van der Waals surface area contributed by atoms with Gasteiger partial charge in [-0.15, -0.1) is 0 Å². The molecule has 1 amide bonds. The van der Waals surface area contributed by atoms with Crippen molar-refractivity contribution < 1.29 is 19.0 Å². The number of nitrogens with zero attached hydrogens (tertiary/aromatic N) is 1. The van der Waals surface area contributed by atoms with Crippen molar-refractivity contribution in [2.75, 3.05) is 14.2 Å². The maximum atomic E-state index is 12.1. The standard InChI is InChI=1S/C24H23ClN2O4/c1-29-21-10-5-17(6-11-21)14-24(28)27-26-15-19-7-12-22(23(13-19)30-2)31-16-18-3-8-20(25)9-4-18/h3-13,15H,14,16H2,1-2H3,(H,27,28)/b26-15-. The lowest BCUT2D eigenvalue weighted by Crippen LogP contribution is -2.19. The zero-order chi connectivity index (χ0) is 22.1. The molecule has 7 heteroatoms. The van der Waals surface area contributed by atoms with Crippen LogP contribution < -0.4 is 19.6 Å². The van der Waals surface area contributed by atoms with Crippen molar-refractivity contribution >= 4 is 23.7 Å². The molecule has 6 nitrogen and oxygen atoms in total. The Bertz CT molecular complexity index is 1030. The Labute approximate surface area is 186 Å². The highest BCUT2D eigenvalue weighted by Crippen LogP contribution is 2.28. The summed E-state index contributed by atoms with van der Waals surface area (Å²) in [5, 5.41) is 4.70. The SMILES string of the molecule is COc1ccc(CC(=O)N/N=C\c2ccc(OCc3ccc(Cl)cc3)c(OC)c2)cc1. The lowest BCUT2D eigenvalue weighted by molar-refractivity contribution is -0.120. The first-order valence-corrected chi connectivity index (χ1v) is 9.95. The second-order valence-electron chi connectivity index (χ2n) is 6.64. The van der Waals surface area contributed by atoms with E-state index < -0.39 is 0 Å². The van der Waals surface area contributed by atoms with E-state index in [1.54, 1.807) is 32.6 Å². The van der Waals surface area contributed by atoms with Crippen LogP contribution in [0.4, 0.5) is 0 Å². The Morgan fingerprint density at radius 2 is 1.65 bits per heavy atom. The average Bonchev–Trinajstić information content (AvgIpc) is 2.79. The van der Waals surface area contributed by atoms with Crippen molar-refractivity contribution in [3.63, 3.8) is 0 Å². The Morgan fingerprint density at radius 1 is 0.935 bits per heavy atom. The van der Waals surface area contributed by atoms with Gasteiger partial charge in [-0.2, -0.15) is 5.10 Å². The molecule has 1 N–H and O–H groups in total. The number of benzene rings is 3. The second-order valence-corrected chi connectivity index (χ2v) is 7.08. The fourth-order valence-corrected chi connectivity index (χ4v) is 2.90. The first kappa shape index (κ1) is 22.2. The van der Waals surface area contributed by atoms with Crippen molar-refractivity contribution in [3.8, 4) is 17.2 Å². The van der Waals surface area contributed by atoms with Crippen LogP contribution in [0.5, 0.6) is 17.2 Å². The maximum absolute atomic E-state index is 12.1. The lowest BCUT2D eigenvalue weighted by atomic mass is 10.1. The molecule has 0 saturated carbocycles. The van der Waals surface area contributed by atoms with Gasteiger partial charge >= 0.3 is 0 Å². The summed E-state index contributed by atoms with van der Waals surface area (Å²) in [6.45, 7) is 0.391. The summed E-state index contributed by atoms with van der Waals surface area (Å²) < 4.78 is 16.4. The number of amides is 1. The predicted molar refractivity (Wildman–Crippen MR) is 121 cm³/mol. The van der Waals surface area contributed by atoms with Gasteiger partial charge in [0, 0.05) is 5.02 Å². The maximum Gasteiger partial charge on any atom is 0.244 e. The number of carbonyl (C=O) groups is 1. The summed E-state index contributed by atoms with van der Waals surface area (Å²) in [7, 11) is 3.17. The first-order valence-electron chi connectivity index (χ1n) is 9.57. The van der Waals surface area contributed by atoms with Gasteiger partial charge in [-0.1, -0.05) is 35.9 Å². The van der Waals surface area contributed by atoms with Crippen LogP contribution in [-0.4, -0.2) is 26.3 Å². The van der Waals surface area contributed by atoms with Crippen LogP contribution >= 0.6 is 11.6 Å². The minimum Gasteiger partial charge on any atom is -0.497 e. The molecule has 0 spiro atoms. The number of nitrogens with one attached hydrogen (secondary N) is 1. The topological polar surface area (TPSA) is 69.2 Å². The molecule has 160 valence electrons. The van der Waals surface area contributed by atoms with E-state index in [0.29, 0.717) is 23.1 Å². The van der Waals surface area contributed by atoms with E-state index in [1.807, 2.05) is 54.6 Å². The Hall–Kier alpha value is -3.51. The zero-order valence-corrected chi connectivity index (χ0v) is 18.1. The van der Waals surface area contributed by atoms with Gasteiger partial charge in [0.1, 0.15) is 12.4 Å². The predicted octanol–water partition coefficient (Wildman–Crippen LogP) is 4.63. The Morgan fingerprint density at radius 3 is 2.32 bits per heavy atom. The molecule has 0 aromatic heterocycles. The first-order chi connectivity index (χ1) is 15.1. The molecule has 31 heavy (non-hydrogen) atoms. The summed E-state index contributed by atoms with van der Waals surface area (Å²) in [5.41, 5.74) is 5.16. The van der Waals surface area contributed by atoms with Gasteiger partial charge in [0.05, 0.1) is 26.9 Å². The number of hydrogen-bond acceptors (Lipinski definition) is 5. The van der Waals surface area contributed by atoms with E-state index in [9.17, 15) is 4.79 Å². The van der Waals surface area contributed by atoms with Crippen LogP contribution in [0.25, 0.3) is 0 Å². The quantitative estimate of drug-likeness (QED) is 0.390. The minimum atomic E-state index is -0.212. The third-order valence-electron chi connectivity index (χ3n) is 4.42. The molecule has 3 aromatic rings. The van der Waals surface area contributed by atoms with E-state index in [2.05, 4.69) is 10.5 Å². The smallest absolute Gasteiger partial charge is 0.244 e. The summed E-state index contributed by atoms with van der Waals surface area (Å²) in [6, 6.07) is 20.2. The highest BCUT2D eigenvalue weighted by Gasteiger charge is 2.06. The fraction of sp³-hybridized carbons (Fsp3) is 0.167. The summed E-state index contributed by atoms with van der Waals surface area (Å²) in [4.78, 5) is 12.1. The molecule has 0 unspecified atom stereocenters. The van der Waals surface area contributed by atoms with Crippen molar-refractivity contribution in [1.82, 2.24) is 5.43 Å². The van der Waals surface area contributed by atoms with Crippen LogP contribution in [0.3, 0.4) is 0 Å². The molecule has 0 aliphatic rings. The monoisotopic (exact) mass is 438 g/mol. The second kappa shape index (κ2) is 11.0. The molecule has 3 aromatic carbocycles. The van der Waals surface area contributed by atoms with Crippen molar-refractivity contribution in [2.24, 2.45) is 5.10 Å². The molecule has 3 rings (SSSR count).